The van der Waals surface area contributed by atoms with E-state index in [1.807, 2.05) is 6.08 Å². The van der Waals surface area contributed by atoms with Crippen LogP contribution in [0.5, 0.6) is 0 Å². The Morgan fingerprint density at radius 3 is 2.28 bits per heavy atom. The smallest absolute Gasteiger partial charge is 0.192 e. The lowest BCUT2D eigenvalue weighted by Crippen LogP contribution is -2.39. The summed E-state index contributed by atoms with van der Waals surface area (Å²) in [4.78, 5) is 0. The van der Waals surface area contributed by atoms with Crippen LogP contribution in [-0.2, 0) is 4.43 Å². The van der Waals surface area contributed by atoms with E-state index in [-0.39, 0.29) is 0 Å². The Morgan fingerprint density at radius 2 is 1.83 bits per heavy atom. The third-order valence-corrected chi connectivity index (χ3v) is 9.14. The van der Waals surface area contributed by atoms with Gasteiger partial charge in [0.05, 0.1) is 6.10 Å². The molecule has 0 radical (unpaired) electrons. The lowest BCUT2D eigenvalue weighted by Gasteiger charge is -2.32. The molecule has 0 saturated carbocycles. The van der Waals surface area contributed by atoms with Crippen LogP contribution in [0.2, 0.25) is 18.1 Å². The van der Waals surface area contributed by atoms with Crippen molar-refractivity contribution in [2.24, 2.45) is 0 Å². The third kappa shape index (κ3) is 3.04. The van der Waals surface area contributed by atoms with Crippen molar-refractivity contribution in [1.29, 1.82) is 0 Å². The van der Waals surface area contributed by atoms with Gasteiger partial charge in [0.1, 0.15) is 0 Å². The molecule has 0 fully saturated rings. The van der Waals surface area contributed by atoms with Crippen LogP contribution < -0.4 is 0 Å². The standard InChI is InChI=1S/C16H28OSi/c1-7-11-15-13(5)12-16(14(15)6)17-18(8-2,9-3)10-4/h7,16H,1,5,8-12H2,2-4,6H3. The summed E-state index contributed by atoms with van der Waals surface area (Å²) in [5, 5.41) is 0. The van der Waals surface area contributed by atoms with Crippen LogP contribution in [0.4, 0.5) is 0 Å². The molecule has 1 unspecified atom stereocenters. The molecule has 1 aliphatic rings. The van der Waals surface area contributed by atoms with Gasteiger partial charge in [0.2, 0.25) is 0 Å². The molecular formula is C16H28OSi. The highest BCUT2D eigenvalue weighted by molar-refractivity contribution is 6.73. The first-order valence-corrected chi connectivity index (χ1v) is 9.73. The first-order chi connectivity index (χ1) is 8.53. The molecule has 0 bridgehead atoms. The van der Waals surface area contributed by atoms with Gasteiger partial charge in [-0.15, -0.1) is 6.58 Å². The van der Waals surface area contributed by atoms with Crippen LogP contribution in [-0.4, -0.2) is 14.4 Å². The van der Waals surface area contributed by atoms with Crippen molar-refractivity contribution >= 4 is 8.32 Å². The topological polar surface area (TPSA) is 9.23 Å². The number of allylic oxidation sites excluding steroid dienone is 2. The molecule has 1 nitrogen and oxygen atoms in total. The van der Waals surface area contributed by atoms with Crippen LogP contribution in [0.1, 0.15) is 40.5 Å². The summed E-state index contributed by atoms with van der Waals surface area (Å²) >= 11 is 0. The van der Waals surface area contributed by atoms with E-state index >= 15 is 0 Å². The van der Waals surface area contributed by atoms with Gasteiger partial charge in [0.25, 0.3) is 0 Å². The first-order valence-electron chi connectivity index (χ1n) is 7.20. The van der Waals surface area contributed by atoms with E-state index in [9.17, 15) is 0 Å². The first kappa shape index (κ1) is 15.5. The molecule has 0 saturated heterocycles. The van der Waals surface area contributed by atoms with Crippen molar-refractivity contribution in [2.45, 2.75) is 64.8 Å². The second-order valence-corrected chi connectivity index (χ2v) is 10.0. The molecule has 18 heavy (non-hydrogen) atoms. The molecule has 0 spiro atoms. The minimum absolute atomic E-state index is 0.291. The summed E-state index contributed by atoms with van der Waals surface area (Å²) < 4.78 is 6.59. The zero-order valence-corrected chi connectivity index (χ0v) is 13.5. The van der Waals surface area contributed by atoms with Crippen molar-refractivity contribution in [1.82, 2.24) is 0 Å². The second kappa shape index (κ2) is 6.53. The Balaban J connectivity index is 2.86. The molecule has 0 aromatic heterocycles. The van der Waals surface area contributed by atoms with Crippen LogP contribution in [0.3, 0.4) is 0 Å². The van der Waals surface area contributed by atoms with Crippen LogP contribution >= 0.6 is 0 Å². The molecule has 1 atom stereocenters. The molecule has 0 aliphatic heterocycles. The lowest BCUT2D eigenvalue weighted by atomic mass is 10.1. The van der Waals surface area contributed by atoms with Crippen molar-refractivity contribution in [3.63, 3.8) is 0 Å². The molecule has 1 aliphatic carbocycles. The predicted molar refractivity (Wildman–Crippen MR) is 83.3 cm³/mol. The fourth-order valence-electron chi connectivity index (χ4n) is 2.85. The summed E-state index contributed by atoms with van der Waals surface area (Å²) in [7, 11) is -1.51. The molecule has 0 heterocycles. The van der Waals surface area contributed by atoms with E-state index in [1.165, 1.54) is 34.9 Å². The Labute approximate surface area is 114 Å². The third-order valence-electron chi connectivity index (χ3n) is 4.49. The van der Waals surface area contributed by atoms with Crippen molar-refractivity contribution in [3.8, 4) is 0 Å². The maximum atomic E-state index is 6.59. The average Bonchev–Trinajstić information content (AvgIpc) is 2.64. The summed E-state index contributed by atoms with van der Waals surface area (Å²) in [6, 6.07) is 3.65. The molecule has 0 aromatic rings. The molecular weight excluding hydrogens is 236 g/mol. The van der Waals surface area contributed by atoms with E-state index in [0.717, 1.165) is 12.8 Å². The fourth-order valence-corrected chi connectivity index (χ4v) is 5.72. The van der Waals surface area contributed by atoms with Crippen molar-refractivity contribution < 1.29 is 4.43 Å². The van der Waals surface area contributed by atoms with Gasteiger partial charge in [-0.05, 0) is 48.2 Å². The summed E-state index contributed by atoms with van der Waals surface area (Å²) in [6.45, 7) is 17.1. The Hall–Kier alpha value is -0.603. The van der Waals surface area contributed by atoms with Crippen LogP contribution in [0, 0.1) is 0 Å². The Morgan fingerprint density at radius 1 is 1.28 bits per heavy atom. The van der Waals surface area contributed by atoms with Crippen molar-refractivity contribution in [3.05, 3.63) is 36.0 Å². The SMILES string of the molecule is C=CCC1=C(C)C(O[Si](CC)(CC)CC)CC1=C. The molecule has 0 N–H and O–H groups in total. The van der Waals surface area contributed by atoms with Gasteiger partial charge in [0, 0.05) is 6.42 Å². The highest BCUT2D eigenvalue weighted by atomic mass is 28.4. The summed E-state index contributed by atoms with van der Waals surface area (Å²) in [5.74, 6) is 0. The summed E-state index contributed by atoms with van der Waals surface area (Å²) in [5.41, 5.74) is 4.02. The van der Waals surface area contributed by atoms with Gasteiger partial charge in [-0.2, -0.15) is 0 Å². The maximum absolute atomic E-state index is 6.59. The van der Waals surface area contributed by atoms with E-state index < -0.39 is 8.32 Å². The zero-order chi connectivity index (χ0) is 13.8. The maximum Gasteiger partial charge on any atom is 0.192 e. The molecule has 2 heteroatoms. The molecule has 0 amide bonds. The average molecular weight is 264 g/mol. The van der Waals surface area contributed by atoms with E-state index in [2.05, 4.69) is 40.9 Å². The fraction of sp³-hybridized carbons (Fsp3) is 0.625. The summed E-state index contributed by atoms with van der Waals surface area (Å²) in [6.07, 6.45) is 4.18. The number of hydrogen-bond acceptors (Lipinski definition) is 1. The minimum atomic E-state index is -1.51. The number of rotatable bonds is 7. The van der Waals surface area contributed by atoms with Crippen LogP contribution in [0.25, 0.3) is 0 Å². The number of hydrogen-bond donors (Lipinski definition) is 0. The Bertz CT molecular complexity index is 342. The van der Waals surface area contributed by atoms with Crippen molar-refractivity contribution in [2.75, 3.05) is 0 Å². The van der Waals surface area contributed by atoms with Crippen LogP contribution in [0.15, 0.2) is 36.0 Å². The molecule has 0 aromatic carbocycles. The second-order valence-electron chi connectivity index (χ2n) is 5.31. The van der Waals surface area contributed by atoms with E-state index in [0.29, 0.717) is 6.10 Å². The van der Waals surface area contributed by atoms with E-state index in [4.69, 9.17) is 4.43 Å². The monoisotopic (exact) mass is 264 g/mol. The highest BCUT2D eigenvalue weighted by Crippen LogP contribution is 2.37. The molecule has 1 rings (SSSR count). The van der Waals surface area contributed by atoms with Gasteiger partial charge in [-0.25, -0.2) is 0 Å². The van der Waals surface area contributed by atoms with Gasteiger partial charge in [0.15, 0.2) is 8.32 Å². The van der Waals surface area contributed by atoms with Gasteiger partial charge in [-0.1, -0.05) is 33.4 Å². The van der Waals surface area contributed by atoms with Gasteiger partial charge in [-0.3, -0.25) is 0 Å². The lowest BCUT2D eigenvalue weighted by molar-refractivity contribution is 0.228. The molecule has 102 valence electrons. The van der Waals surface area contributed by atoms with E-state index in [1.54, 1.807) is 0 Å². The normalized spacial score (nSPS) is 20.7. The minimum Gasteiger partial charge on any atom is -0.410 e. The quantitative estimate of drug-likeness (QED) is 0.452. The highest BCUT2D eigenvalue weighted by Gasteiger charge is 2.35. The largest absolute Gasteiger partial charge is 0.410 e. The van der Waals surface area contributed by atoms with Gasteiger partial charge < -0.3 is 4.43 Å². The predicted octanol–water partition coefficient (Wildman–Crippen LogP) is 5.23. The Kier molecular flexibility index (Phi) is 5.61. The van der Waals surface area contributed by atoms with Gasteiger partial charge >= 0.3 is 0 Å². The zero-order valence-electron chi connectivity index (χ0n) is 12.5.